The van der Waals surface area contributed by atoms with E-state index in [-0.39, 0.29) is 0 Å². The third-order valence-electron chi connectivity index (χ3n) is 0.858. The molecule has 0 aromatic carbocycles. The summed E-state index contributed by atoms with van der Waals surface area (Å²) in [6.45, 7) is 0.618. The number of hydrogen-bond donors (Lipinski definition) is 1. The van der Waals surface area contributed by atoms with Crippen LogP contribution in [0, 0.1) is 0 Å². The minimum Gasteiger partial charge on any atom is -0.330 e. The van der Waals surface area contributed by atoms with Crippen molar-refractivity contribution in [2.45, 2.75) is 19.3 Å². The average molecular weight is 115 g/mol. The molecule has 0 bridgehead atoms. The molecule has 0 spiro atoms. The van der Waals surface area contributed by atoms with E-state index in [4.69, 9.17) is 11.5 Å². The fourth-order valence-corrected chi connectivity index (χ4v) is 0.430. The Morgan fingerprint density at radius 3 is 2.50 bits per heavy atom. The van der Waals surface area contributed by atoms with Crippen molar-refractivity contribution in [3.8, 4) is 0 Å². The monoisotopic (exact) mass is 115 g/mol. The highest BCUT2D eigenvalue weighted by atomic mass is 16.1. The van der Waals surface area contributed by atoms with Crippen molar-refractivity contribution < 1.29 is 4.79 Å². The van der Waals surface area contributed by atoms with Crippen LogP contribution in [-0.4, -0.2) is 12.5 Å². The Labute approximate surface area is 49.0 Å². The lowest BCUT2D eigenvalue weighted by atomic mass is 10.2. The van der Waals surface area contributed by atoms with Gasteiger partial charge in [-0.2, -0.15) is 0 Å². The normalized spacial score (nSPS) is 9.12. The zero-order valence-electron chi connectivity index (χ0n) is 4.81. The van der Waals surface area contributed by atoms with E-state index in [1.807, 2.05) is 0 Å². The molecule has 0 aliphatic carbocycles. The van der Waals surface area contributed by atoms with Gasteiger partial charge in [0.05, 0.1) is 0 Å². The maximum Gasteiger partial charge on any atom is 0.238 e. The second-order valence-electron chi connectivity index (χ2n) is 1.67. The van der Waals surface area contributed by atoms with Crippen LogP contribution < -0.4 is 11.5 Å². The molecule has 3 heteroatoms. The minimum absolute atomic E-state index is 0.358. The van der Waals surface area contributed by atoms with E-state index in [0.717, 1.165) is 12.8 Å². The predicted molar refractivity (Wildman–Crippen MR) is 31.0 cm³/mol. The van der Waals surface area contributed by atoms with Crippen molar-refractivity contribution in [3.05, 3.63) is 0 Å². The van der Waals surface area contributed by atoms with Gasteiger partial charge in [0.15, 0.2) is 0 Å². The van der Waals surface area contributed by atoms with Crippen molar-refractivity contribution in [1.29, 1.82) is 0 Å². The van der Waals surface area contributed by atoms with Crippen LogP contribution in [0.5, 0.6) is 0 Å². The summed E-state index contributed by atoms with van der Waals surface area (Å²) in [4.78, 5) is 9.94. The van der Waals surface area contributed by atoms with Crippen LogP contribution in [0.2, 0.25) is 0 Å². The first-order chi connectivity index (χ1) is 3.77. The number of unbranched alkanes of at least 4 members (excludes halogenated alkanes) is 1. The highest BCUT2D eigenvalue weighted by Gasteiger charge is 1.91. The van der Waals surface area contributed by atoms with Crippen molar-refractivity contribution in [2.75, 3.05) is 6.54 Å². The van der Waals surface area contributed by atoms with Gasteiger partial charge in [-0.25, -0.2) is 0 Å². The Kier molecular flexibility index (Phi) is 4.26. The molecule has 0 saturated heterocycles. The zero-order chi connectivity index (χ0) is 6.41. The van der Waals surface area contributed by atoms with E-state index < -0.39 is 5.91 Å². The Balaban J connectivity index is 2.82. The molecule has 3 nitrogen and oxygen atoms in total. The van der Waals surface area contributed by atoms with E-state index in [2.05, 4.69) is 0 Å². The molecular weight excluding hydrogens is 104 g/mol. The summed E-state index contributed by atoms with van der Waals surface area (Å²) in [5.41, 5.74) is 11.6. The first-order valence-corrected chi connectivity index (χ1v) is 2.72. The predicted octanol–water partition coefficient (Wildman–Crippen LogP) is -0.0751. The van der Waals surface area contributed by atoms with Crippen LogP contribution in [0.1, 0.15) is 19.3 Å². The Morgan fingerprint density at radius 2 is 2.12 bits per heavy atom. The molecule has 1 radical (unpaired) electrons. The zero-order valence-corrected chi connectivity index (χ0v) is 4.81. The molecule has 0 fully saturated rings. The summed E-state index contributed by atoms with van der Waals surface area (Å²) in [5, 5.41) is 0. The first-order valence-electron chi connectivity index (χ1n) is 2.72. The third-order valence-corrected chi connectivity index (χ3v) is 0.858. The Morgan fingerprint density at radius 1 is 1.50 bits per heavy atom. The van der Waals surface area contributed by atoms with Crippen LogP contribution in [0.4, 0.5) is 0 Å². The Hall–Kier alpha value is -0.570. The smallest absolute Gasteiger partial charge is 0.238 e. The largest absolute Gasteiger partial charge is 0.330 e. The molecule has 0 aromatic rings. The molecule has 3 N–H and O–H groups in total. The topological polar surface area (TPSA) is 66.9 Å². The molecule has 0 atom stereocenters. The summed E-state index contributed by atoms with van der Waals surface area (Å²) in [6, 6.07) is 0. The molecule has 0 aliphatic heterocycles. The highest BCUT2D eigenvalue weighted by Crippen LogP contribution is 1.90. The molecule has 1 amide bonds. The van der Waals surface area contributed by atoms with Crippen LogP contribution >= 0.6 is 0 Å². The SMILES string of the molecule is [NH]C(=O)CCCCN. The quantitative estimate of drug-likeness (QED) is 0.521. The van der Waals surface area contributed by atoms with E-state index in [0.29, 0.717) is 13.0 Å². The lowest BCUT2D eigenvalue weighted by molar-refractivity contribution is -0.118. The van der Waals surface area contributed by atoms with Gasteiger partial charge < -0.3 is 5.73 Å². The number of amides is 1. The fraction of sp³-hybridized carbons (Fsp3) is 0.800. The molecule has 0 rings (SSSR count). The molecule has 0 saturated carbocycles. The van der Waals surface area contributed by atoms with Gasteiger partial charge in [-0.15, -0.1) is 0 Å². The first kappa shape index (κ1) is 7.43. The van der Waals surface area contributed by atoms with Gasteiger partial charge in [0.2, 0.25) is 5.91 Å². The maximum atomic E-state index is 9.94. The van der Waals surface area contributed by atoms with E-state index >= 15 is 0 Å². The standard InChI is InChI=1S/C5H11N2O/c6-4-2-1-3-5(7)8/h7H,1-4,6H2. The number of nitrogens with two attached hydrogens (primary N) is 1. The highest BCUT2D eigenvalue weighted by molar-refractivity contribution is 5.72. The average Bonchev–Trinajstić information content (AvgIpc) is 1.66. The van der Waals surface area contributed by atoms with Gasteiger partial charge in [0, 0.05) is 6.42 Å². The third kappa shape index (κ3) is 5.43. The van der Waals surface area contributed by atoms with E-state index in [1.54, 1.807) is 0 Å². The molecular formula is C5H11N2O. The van der Waals surface area contributed by atoms with Crippen molar-refractivity contribution in [3.63, 3.8) is 0 Å². The molecule has 47 valence electrons. The van der Waals surface area contributed by atoms with E-state index in [1.165, 1.54) is 0 Å². The Bertz CT molecular complexity index is 72.8. The summed E-state index contributed by atoms with van der Waals surface area (Å²) < 4.78 is 0. The molecule has 0 aliphatic rings. The summed E-state index contributed by atoms with van der Waals surface area (Å²) in [6.07, 6.45) is 1.97. The fourth-order valence-electron chi connectivity index (χ4n) is 0.430. The van der Waals surface area contributed by atoms with Crippen LogP contribution in [0.25, 0.3) is 0 Å². The number of carbonyl (C=O) groups is 1. The van der Waals surface area contributed by atoms with Crippen LogP contribution in [-0.2, 0) is 4.79 Å². The number of carbonyl (C=O) groups excluding carboxylic acids is 1. The maximum absolute atomic E-state index is 9.94. The summed E-state index contributed by atoms with van der Waals surface area (Å²) >= 11 is 0. The number of hydrogen-bond acceptors (Lipinski definition) is 2. The van der Waals surface area contributed by atoms with E-state index in [9.17, 15) is 4.79 Å². The lowest BCUT2D eigenvalue weighted by Gasteiger charge is -1.90. The van der Waals surface area contributed by atoms with Crippen LogP contribution in [0.15, 0.2) is 0 Å². The molecule has 8 heavy (non-hydrogen) atoms. The van der Waals surface area contributed by atoms with Crippen molar-refractivity contribution in [1.82, 2.24) is 5.73 Å². The second-order valence-corrected chi connectivity index (χ2v) is 1.67. The van der Waals surface area contributed by atoms with Crippen molar-refractivity contribution in [2.24, 2.45) is 5.73 Å². The number of nitrogens with one attached hydrogen (secondary N) is 1. The summed E-state index contributed by atoms with van der Waals surface area (Å²) in [5.74, 6) is -0.488. The molecule has 0 aromatic heterocycles. The second kappa shape index (κ2) is 4.59. The summed E-state index contributed by atoms with van der Waals surface area (Å²) in [7, 11) is 0. The molecule has 0 heterocycles. The van der Waals surface area contributed by atoms with Crippen LogP contribution in [0.3, 0.4) is 0 Å². The minimum atomic E-state index is -0.488. The van der Waals surface area contributed by atoms with Gasteiger partial charge in [-0.3, -0.25) is 10.5 Å². The van der Waals surface area contributed by atoms with Gasteiger partial charge in [-0.1, -0.05) is 0 Å². The van der Waals surface area contributed by atoms with Gasteiger partial charge >= 0.3 is 0 Å². The van der Waals surface area contributed by atoms with Gasteiger partial charge in [0.25, 0.3) is 0 Å². The van der Waals surface area contributed by atoms with Crippen molar-refractivity contribution >= 4 is 5.91 Å². The molecule has 0 unspecified atom stereocenters. The van der Waals surface area contributed by atoms with Gasteiger partial charge in [0.1, 0.15) is 0 Å². The number of rotatable bonds is 4. The lowest BCUT2D eigenvalue weighted by Crippen LogP contribution is -2.01. The van der Waals surface area contributed by atoms with Gasteiger partial charge in [-0.05, 0) is 19.4 Å².